The van der Waals surface area contributed by atoms with Crippen molar-refractivity contribution >= 4 is 11.9 Å². The van der Waals surface area contributed by atoms with E-state index < -0.39 is 11.7 Å². The second-order valence-corrected chi connectivity index (χ2v) is 7.16. The Bertz CT molecular complexity index is 361. The SMILES string of the molecule is CCC(C)(C)C(=O)OC.CCCCOC(C)OC(=O)C(C)(C)CC. The monoisotopic (exact) mass is 346 g/mol. The summed E-state index contributed by atoms with van der Waals surface area (Å²) >= 11 is 0. The lowest BCUT2D eigenvalue weighted by molar-refractivity contribution is -0.185. The largest absolute Gasteiger partial charge is 0.469 e. The quantitative estimate of drug-likeness (QED) is 0.343. The van der Waals surface area contributed by atoms with Crippen LogP contribution in [0.15, 0.2) is 0 Å². The Morgan fingerprint density at radius 2 is 1.38 bits per heavy atom. The fraction of sp³-hybridized carbons (Fsp3) is 0.895. The number of rotatable bonds is 9. The van der Waals surface area contributed by atoms with Crippen molar-refractivity contribution < 1.29 is 23.8 Å². The third-order valence-corrected chi connectivity index (χ3v) is 4.18. The van der Waals surface area contributed by atoms with Crippen LogP contribution < -0.4 is 0 Å². The van der Waals surface area contributed by atoms with Gasteiger partial charge in [-0.2, -0.15) is 0 Å². The molecule has 0 spiro atoms. The molecule has 0 rings (SSSR count). The van der Waals surface area contributed by atoms with E-state index in [4.69, 9.17) is 9.47 Å². The zero-order valence-electron chi connectivity index (χ0n) is 17.2. The number of methoxy groups -OCH3 is 1. The maximum absolute atomic E-state index is 11.6. The van der Waals surface area contributed by atoms with Crippen LogP contribution in [0.1, 0.15) is 81.1 Å². The van der Waals surface area contributed by atoms with E-state index in [1.807, 2.05) is 41.5 Å². The van der Waals surface area contributed by atoms with Crippen LogP contribution in [0.4, 0.5) is 0 Å². The van der Waals surface area contributed by atoms with Gasteiger partial charge in [0.2, 0.25) is 0 Å². The van der Waals surface area contributed by atoms with Gasteiger partial charge in [-0.15, -0.1) is 0 Å². The Morgan fingerprint density at radius 3 is 1.71 bits per heavy atom. The van der Waals surface area contributed by atoms with E-state index in [1.54, 1.807) is 6.92 Å². The van der Waals surface area contributed by atoms with E-state index in [-0.39, 0.29) is 17.4 Å². The molecule has 24 heavy (non-hydrogen) atoms. The molecule has 0 aliphatic carbocycles. The highest BCUT2D eigenvalue weighted by atomic mass is 16.7. The first-order valence-electron chi connectivity index (χ1n) is 8.89. The Kier molecular flexibility index (Phi) is 12.9. The summed E-state index contributed by atoms with van der Waals surface area (Å²) < 4.78 is 15.1. The molecule has 0 saturated heterocycles. The van der Waals surface area contributed by atoms with Gasteiger partial charge in [0.05, 0.1) is 24.5 Å². The van der Waals surface area contributed by atoms with Gasteiger partial charge >= 0.3 is 11.9 Å². The van der Waals surface area contributed by atoms with E-state index in [0.717, 1.165) is 25.7 Å². The average Bonchev–Trinajstić information content (AvgIpc) is 2.54. The third-order valence-electron chi connectivity index (χ3n) is 4.18. The minimum atomic E-state index is -0.435. The molecular formula is C19H38O5. The number of hydrogen-bond donors (Lipinski definition) is 0. The van der Waals surface area contributed by atoms with Crippen LogP contribution in [0, 0.1) is 10.8 Å². The normalized spacial score (nSPS) is 12.7. The van der Waals surface area contributed by atoms with Crippen molar-refractivity contribution in [1.82, 2.24) is 0 Å². The molecule has 0 aromatic rings. The first-order chi connectivity index (χ1) is 11.0. The van der Waals surface area contributed by atoms with E-state index in [0.29, 0.717) is 6.61 Å². The highest BCUT2D eigenvalue weighted by Crippen LogP contribution is 2.22. The predicted octanol–water partition coefficient (Wildman–Crippen LogP) is 4.72. The number of unbranched alkanes of at least 4 members (excludes halogenated alkanes) is 1. The Morgan fingerprint density at radius 1 is 0.917 bits per heavy atom. The summed E-state index contributed by atoms with van der Waals surface area (Å²) in [6.45, 7) is 16.0. The van der Waals surface area contributed by atoms with Gasteiger partial charge in [-0.25, -0.2) is 0 Å². The molecule has 0 saturated carbocycles. The Labute approximate surface area is 148 Å². The Balaban J connectivity index is 0. The highest BCUT2D eigenvalue weighted by Gasteiger charge is 2.28. The molecule has 1 atom stereocenters. The predicted molar refractivity (Wildman–Crippen MR) is 96.6 cm³/mol. The molecule has 0 radical (unpaired) electrons. The van der Waals surface area contributed by atoms with Gasteiger partial charge < -0.3 is 14.2 Å². The standard InChI is InChI=1S/C12H24O3.C7H14O2/c1-6-8-9-14-10(3)15-11(13)12(4,5)7-2;1-5-7(2,3)6(8)9-4/h10H,6-9H2,1-5H3;5H2,1-4H3. The summed E-state index contributed by atoms with van der Waals surface area (Å²) in [6.07, 6.45) is 3.24. The van der Waals surface area contributed by atoms with Gasteiger partial charge in [-0.3, -0.25) is 9.59 Å². The molecule has 0 aromatic carbocycles. The number of ether oxygens (including phenoxy) is 3. The van der Waals surface area contributed by atoms with Crippen LogP contribution >= 0.6 is 0 Å². The summed E-state index contributed by atoms with van der Waals surface area (Å²) in [4.78, 5) is 22.5. The molecule has 0 heterocycles. The van der Waals surface area contributed by atoms with Crippen molar-refractivity contribution in [3.63, 3.8) is 0 Å². The third kappa shape index (κ3) is 10.6. The topological polar surface area (TPSA) is 61.8 Å². The second kappa shape index (κ2) is 12.3. The maximum Gasteiger partial charge on any atom is 0.313 e. The molecule has 1 unspecified atom stereocenters. The first kappa shape index (κ1) is 25.1. The zero-order chi connectivity index (χ0) is 19.4. The first-order valence-corrected chi connectivity index (χ1v) is 8.89. The zero-order valence-corrected chi connectivity index (χ0v) is 17.2. The van der Waals surface area contributed by atoms with Crippen molar-refractivity contribution in [2.24, 2.45) is 10.8 Å². The average molecular weight is 347 g/mol. The molecule has 0 bridgehead atoms. The van der Waals surface area contributed by atoms with Crippen LogP contribution in [0.2, 0.25) is 0 Å². The van der Waals surface area contributed by atoms with Crippen LogP contribution in [0.25, 0.3) is 0 Å². The molecule has 5 heteroatoms. The molecule has 0 fully saturated rings. The number of hydrogen-bond acceptors (Lipinski definition) is 5. The molecule has 0 N–H and O–H groups in total. The van der Waals surface area contributed by atoms with Gasteiger partial charge in [0.1, 0.15) is 0 Å². The second-order valence-electron chi connectivity index (χ2n) is 7.16. The molecule has 0 aliphatic heterocycles. The fourth-order valence-electron chi connectivity index (χ4n) is 1.30. The molecule has 5 nitrogen and oxygen atoms in total. The summed E-state index contributed by atoms with van der Waals surface area (Å²) in [5.41, 5.74) is -0.725. The van der Waals surface area contributed by atoms with Crippen LogP contribution in [0.3, 0.4) is 0 Å². The van der Waals surface area contributed by atoms with E-state index in [2.05, 4.69) is 11.7 Å². The van der Waals surface area contributed by atoms with Gasteiger partial charge in [0.15, 0.2) is 6.29 Å². The van der Waals surface area contributed by atoms with Crippen LogP contribution in [-0.2, 0) is 23.8 Å². The van der Waals surface area contributed by atoms with Gasteiger partial charge in [0.25, 0.3) is 0 Å². The minimum Gasteiger partial charge on any atom is -0.469 e. The lowest BCUT2D eigenvalue weighted by atomic mass is 9.91. The molecular weight excluding hydrogens is 308 g/mol. The molecule has 0 aliphatic rings. The number of carbonyl (C=O) groups is 2. The van der Waals surface area contributed by atoms with E-state index in [1.165, 1.54) is 7.11 Å². The minimum absolute atomic E-state index is 0.134. The van der Waals surface area contributed by atoms with Crippen LogP contribution in [0.5, 0.6) is 0 Å². The van der Waals surface area contributed by atoms with Crippen molar-refractivity contribution in [2.45, 2.75) is 87.4 Å². The van der Waals surface area contributed by atoms with Gasteiger partial charge in [0, 0.05) is 0 Å². The Hall–Kier alpha value is -1.10. The lowest BCUT2D eigenvalue weighted by Crippen LogP contribution is -2.30. The molecule has 144 valence electrons. The molecule has 0 aromatic heterocycles. The highest BCUT2D eigenvalue weighted by molar-refractivity contribution is 5.76. The van der Waals surface area contributed by atoms with Crippen molar-refractivity contribution in [3.05, 3.63) is 0 Å². The van der Waals surface area contributed by atoms with Gasteiger partial charge in [-0.05, 0) is 53.9 Å². The summed E-state index contributed by atoms with van der Waals surface area (Å²) in [5.74, 6) is -0.320. The number of carbonyl (C=O) groups excluding carboxylic acids is 2. The van der Waals surface area contributed by atoms with Crippen molar-refractivity contribution in [3.8, 4) is 0 Å². The van der Waals surface area contributed by atoms with Gasteiger partial charge in [-0.1, -0.05) is 27.2 Å². The van der Waals surface area contributed by atoms with E-state index >= 15 is 0 Å². The lowest BCUT2D eigenvalue weighted by Gasteiger charge is -2.23. The summed E-state index contributed by atoms with van der Waals surface area (Å²) in [5, 5.41) is 0. The molecule has 0 amide bonds. The summed E-state index contributed by atoms with van der Waals surface area (Å²) in [6, 6.07) is 0. The fourth-order valence-corrected chi connectivity index (χ4v) is 1.30. The van der Waals surface area contributed by atoms with E-state index in [9.17, 15) is 9.59 Å². The van der Waals surface area contributed by atoms with Crippen molar-refractivity contribution in [1.29, 1.82) is 0 Å². The smallest absolute Gasteiger partial charge is 0.313 e. The maximum atomic E-state index is 11.6. The van der Waals surface area contributed by atoms with Crippen molar-refractivity contribution in [2.75, 3.05) is 13.7 Å². The number of esters is 2. The summed E-state index contributed by atoms with van der Waals surface area (Å²) in [7, 11) is 1.42. The van der Waals surface area contributed by atoms with Crippen LogP contribution in [-0.4, -0.2) is 31.9 Å².